The number of rotatable bonds is 5. The molecule has 1 aromatic heterocycles. The number of halogens is 1. The number of hydrogen-bond donors (Lipinski definition) is 2. The van der Waals surface area contributed by atoms with Crippen LogP contribution < -0.4 is 11.1 Å². The van der Waals surface area contributed by atoms with Crippen LogP contribution in [0.1, 0.15) is 23.9 Å². The SMILES string of the molecule is CC(N)CC(=O)Nc1nnc(Cc2ccccc2F)s1. The largest absolute Gasteiger partial charge is 0.327 e. The van der Waals surface area contributed by atoms with Crippen molar-refractivity contribution in [2.75, 3.05) is 5.32 Å². The van der Waals surface area contributed by atoms with Crippen molar-refractivity contribution in [3.05, 3.63) is 40.7 Å². The van der Waals surface area contributed by atoms with E-state index in [4.69, 9.17) is 5.73 Å². The third-order valence-corrected chi connectivity index (χ3v) is 3.36. The van der Waals surface area contributed by atoms with Gasteiger partial charge in [0.05, 0.1) is 0 Å². The van der Waals surface area contributed by atoms with Crippen LogP contribution in [-0.2, 0) is 11.2 Å². The number of aromatic nitrogens is 2. The van der Waals surface area contributed by atoms with E-state index in [1.807, 2.05) is 0 Å². The second-order valence-corrected chi connectivity index (χ2v) is 5.56. The highest BCUT2D eigenvalue weighted by Crippen LogP contribution is 2.20. The Bertz CT molecular complexity index is 600. The minimum Gasteiger partial charge on any atom is -0.327 e. The quantitative estimate of drug-likeness (QED) is 0.883. The summed E-state index contributed by atoms with van der Waals surface area (Å²) >= 11 is 1.23. The Hall–Kier alpha value is -1.86. The standard InChI is InChI=1S/C13H15FN4OS/c1-8(15)6-11(19)16-13-18-17-12(20-13)7-9-4-2-3-5-10(9)14/h2-5,8H,6-7,15H2,1H3,(H,16,18,19). The second-order valence-electron chi connectivity index (χ2n) is 4.50. The number of nitrogens with zero attached hydrogens (tertiary/aromatic N) is 2. The molecule has 3 N–H and O–H groups in total. The maximum atomic E-state index is 13.5. The molecule has 0 fully saturated rings. The highest BCUT2D eigenvalue weighted by Gasteiger charge is 2.11. The molecule has 2 rings (SSSR count). The third kappa shape index (κ3) is 4.07. The summed E-state index contributed by atoms with van der Waals surface area (Å²) in [4.78, 5) is 11.5. The molecule has 1 aromatic carbocycles. The van der Waals surface area contributed by atoms with Crippen LogP contribution in [-0.4, -0.2) is 22.1 Å². The average molecular weight is 294 g/mol. The molecule has 0 bridgehead atoms. The number of nitrogens with one attached hydrogen (secondary N) is 1. The molecule has 7 heteroatoms. The van der Waals surface area contributed by atoms with Gasteiger partial charge in [-0.3, -0.25) is 4.79 Å². The van der Waals surface area contributed by atoms with Crippen LogP contribution in [0.5, 0.6) is 0 Å². The Balaban J connectivity index is 1.99. The lowest BCUT2D eigenvalue weighted by molar-refractivity contribution is -0.116. The Kier molecular flexibility index (Phi) is 4.75. The van der Waals surface area contributed by atoms with Crippen molar-refractivity contribution in [1.82, 2.24) is 10.2 Å². The molecule has 1 heterocycles. The zero-order valence-corrected chi connectivity index (χ0v) is 11.8. The van der Waals surface area contributed by atoms with Gasteiger partial charge in [-0.25, -0.2) is 4.39 Å². The fourth-order valence-electron chi connectivity index (χ4n) is 1.64. The first-order valence-electron chi connectivity index (χ1n) is 6.16. The molecule has 20 heavy (non-hydrogen) atoms. The van der Waals surface area contributed by atoms with Crippen LogP contribution in [0, 0.1) is 5.82 Å². The molecule has 5 nitrogen and oxygen atoms in total. The Morgan fingerprint density at radius 2 is 2.20 bits per heavy atom. The summed E-state index contributed by atoms with van der Waals surface area (Å²) in [6, 6.07) is 6.30. The van der Waals surface area contributed by atoms with Gasteiger partial charge in [0.1, 0.15) is 10.8 Å². The first-order valence-corrected chi connectivity index (χ1v) is 6.97. The Morgan fingerprint density at radius 3 is 2.90 bits per heavy atom. The van der Waals surface area contributed by atoms with E-state index in [2.05, 4.69) is 15.5 Å². The van der Waals surface area contributed by atoms with Crippen molar-refractivity contribution in [3.63, 3.8) is 0 Å². The number of amides is 1. The molecule has 0 saturated carbocycles. The monoisotopic (exact) mass is 294 g/mol. The average Bonchev–Trinajstić information content (AvgIpc) is 2.78. The van der Waals surface area contributed by atoms with Crippen molar-refractivity contribution in [2.24, 2.45) is 5.73 Å². The van der Waals surface area contributed by atoms with Crippen LogP contribution in [0.4, 0.5) is 9.52 Å². The van der Waals surface area contributed by atoms with E-state index in [1.54, 1.807) is 25.1 Å². The van der Waals surface area contributed by atoms with Gasteiger partial charge in [0.15, 0.2) is 0 Å². The van der Waals surface area contributed by atoms with E-state index >= 15 is 0 Å². The second kappa shape index (κ2) is 6.53. The van der Waals surface area contributed by atoms with Gasteiger partial charge in [-0.1, -0.05) is 29.5 Å². The lowest BCUT2D eigenvalue weighted by Crippen LogP contribution is -2.23. The molecule has 0 aliphatic carbocycles. The van der Waals surface area contributed by atoms with Crippen LogP contribution in [0.3, 0.4) is 0 Å². The summed E-state index contributed by atoms with van der Waals surface area (Å²) < 4.78 is 13.5. The number of anilines is 1. The van der Waals surface area contributed by atoms with E-state index in [0.717, 1.165) is 0 Å². The minimum atomic E-state index is -0.273. The predicted molar refractivity (Wildman–Crippen MR) is 76.0 cm³/mol. The van der Waals surface area contributed by atoms with Crippen molar-refractivity contribution < 1.29 is 9.18 Å². The molecule has 1 amide bonds. The van der Waals surface area contributed by atoms with Crippen molar-refractivity contribution in [1.29, 1.82) is 0 Å². The lowest BCUT2D eigenvalue weighted by Gasteiger charge is -2.03. The van der Waals surface area contributed by atoms with E-state index in [9.17, 15) is 9.18 Å². The summed E-state index contributed by atoms with van der Waals surface area (Å²) in [6.07, 6.45) is 0.579. The van der Waals surface area contributed by atoms with Gasteiger partial charge in [-0.05, 0) is 18.6 Å². The van der Waals surface area contributed by atoms with E-state index in [1.165, 1.54) is 17.4 Å². The minimum absolute atomic E-state index is 0.200. The molecule has 2 aromatic rings. The molecular weight excluding hydrogens is 279 g/mol. The fraction of sp³-hybridized carbons (Fsp3) is 0.308. The summed E-state index contributed by atoms with van der Waals surface area (Å²) in [5, 5.41) is 11.5. The third-order valence-electron chi connectivity index (χ3n) is 2.52. The number of benzene rings is 1. The number of hydrogen-bond acceptors (Lipinski definition) is 5. The van der Waals surface area contributed by atoms with Crippen LogP contribution in [0.25, 0.3) is 0 Å². The summed E-state index contributed by atoms with van der Waals surface area (Å²) in [6.45, 7) is 1.75. The van der Waals surface area contributed by atoms with Crippen molar-refractivity contribution in [2.45, 2.75) is 25.8 Å². The van der Waals surface area contributed by atoms with E-state index in [0.29, 0.717) is 22.1 Å². The first kappa shape index (κ1) is 14.5. The fourth-order valence-corrected chi connectivity index (χ4v) is 2.42. The topological polar surface area (TPSA) is 80.9 Å². The maximum absolute atomic E-state index is 13.5. The van der Waals surface area contributed by atoms with Gasteiger partial charge in [0.25, 0.3) is 0 Å². The van der Waals surface area contributed by atoms with Gasteiger partial charge in [0.2, 0.25) is 11.0 Å². The first-order chi connectivity index (χ1) is 9.54. The lowest BCUT2D eigenvalue weighted by atomic mass is 10.1. The summed E-state index contributed by atoms with van der Waals surface area (Å²) in [5.41, 5.74) is 6.09. The normalized spacial score (nSPS) is 12.2. The highest BCUT2D eigenvalue weighted by molar-refractivity contribution is 7.15. The number of carbonyl (C=O) groups is 1. The van der Waals surface area contributed by atoms with Gasteiger partial charge in [-0.15, -0.1) is 10.2 Å². The molecule has 0 spiro atoms. The molecule has 1 unspecified atom stereocenters. The van der Waals surface area contributed by atoms with Gasteiger partial charge < -0.3 is 11.1 Å². The smallest absolute Gasteiger partial charge is 0.227 e. The van der Waals surface area contributed by atoms with E-state index < -0.39 is 0 Å². The van der Waals surface area contributed by atoms with Crippen molar-refractivity contribution in [3.8, 4) is 0 Å². The number of nitrogens with two attached hydrogens (primary N) is 1. The number of carbonyl (C=O) groups excluding carboxylic acids is 1. The van der Waals surface area contributed by atoms with Crippen LogP contribution in [0.2, 0.25) is 0 Å². The zero-order chi connectivity index (χ0) is 14.5. The molecule has 0 aliphatic rings. The maximum Gasteiger partial charge on any atom is 0.227 e. The van der Waals surface area contributed by atoms with Gasteiger partial charge in [0, 0.05) is 18.9 Å². The molecular formula is C13H15FN4OS. The van der Waals surface area contributed by atoms with Crippen LogP contribution >= 0.6 is 11.3 Å². The Morgan fingerprint density at radius 1 is 1.45 bits per heavy atom. The summed E-state index contributed by atoms with van der Waals surface area (Å²) in [7, 11) is 0. The van der Waals surface area contributed by atoms with Crippen molar-refractivity contribution >= 4 is 22.4 Å². The predicted octanol–water partition coefficient (Wildman–Crippen LogP) is 1.94. The highest BCUT2D eigenvalue weighted by atomic mass is 32.1. The molecule has 0 aliphatic heterocycles. The van der Waals surface area contributed by atoms with Gasteiger partial charge >= 0.3 is 0 Å². The molecule has 0 saturated heterocycles. The molecule has 0 radical (unpaired) electrons. The molecule has 1 atom stereocenters. The summed E-state index contributed by atoms with van der Waals surface area (Å²) in [5.74, 6) is -0.473. The molecule has 106 valence electrons. The van der Waals surface area contributed by atoms with E-state index in [-0.39, 0.29) is 24.2 Å². The zero-order valence-electron chi connectivity index (χ0n) is 11.0. The van der Waals surface area contributed by atoms with Gasteiger partial charge in [-0.2, -0.15) is 0 Å². The Labute approximate surface area is 120 Å². The van der Waals surface area contributed by atoms with Crippen LogP contribution in [0.15, 0.2) is 24.3 Å².